The fourth-order valence-corrected chi connectivity index (χ4v) is 1.64. The molecule has 1 N–H and O–H groups in total. The van der Waals surface area contributed by atoms with Crippen LogP contribution in [0.3, 0.4) is 0 Å². The van der Waals surface area contributed by atoms with Crippen molar-refractivity contribution in [3.8, 4) is 0 Å². The number of nitrogens with one attached hydrogen (secondary N) is 1. The van der Waals surface area contributed by atoms with Gasteiger partial charge in [-0.15, -0.1) is 0 Å². The summed E-state index contributed by atoms with van der Waals surface area (Å²) < 4.78 is 7.99. The average Bonchev–Trinajstić information content (AvgIpc) is 2.47. The highest BCUT2D eigenvalue weighted by Crippen LogP contribution is 2.24. The van der Waals surface area contributed by atoms with Crippen LogP contribution in [-0.4, -0.2) is 21.9 Å². The average molecular weight is 215 g/mol. The number of ether oxygens (including phenoxy) is 1. The third-order valence-electron chi connectivity index (χ3n) is 2.27. The number of H-pyrrole nitrogens is 1. The Morgan fingerprint density at radius 3 is 2.50 bits per heavy atom. The van der Waals surface area contributed by atoms with Gasteiger partial charge in [-0.05, 0) is 39.9 Å². The first-order chi connectivity index (χ1) is 6.40. The van der Waals surface area contributed by atoms with E-state index in [9.17, 15) is 0 Å². The number of aromatic amines is 1. The van der Waals surface area contributed by atoms with Gasteiger partial charge in [-0.2, -0.15) is 5.10 Å². The van der Waals surface area contributed by atoms with Crippen LogP contribution in [0.1, 0.15) is 39.6 Å². The Morgan fingerprint density at radius 2 is 2.07 bits per heavy atom. The van der Waals surface area contributed by atoms with E-state index in [4.69, 9.17) is 17.0 Å². The van der Waals surface area contributed by atoms with Crippen molar-refractivity contribution in [3.05, 3.63) is 10.6 Å². The van der Waals surface area contributed by atoms with Gasteiger partial charge in [-0.3, -0.25) is 9.67 Å². The first kappa shape index (κ1) is 11.4. The van der Waals surface area contributed by atoms with Crippen molar-refractivity contribution in [1.82, 2.24) is 14.8 Å². The second kappa shape index (κ2) is 3.82. The monoisotopic (exact) mass is 215 g/mol. The lowest BCUT2D eigenvalue weighted by atomic mass is 10.1. The van der Waals surface area contributed by atoms with Crippen molar-refractivity contribution in [1.29, 1.82) is 0 Å². The van der Waals surface area contributed by atoms with E-state index in [1.54, 1.807) is 7.11 Å². The van der Waals surface area contributed by atoms with Crippen LogP contribution in [0.4, 0.5) is 0 Å². The van der Waals surface area contributed by atoms with Gasteiger partial charge in [0.25, 0.3) is 0 Å². The highest BCUT2D eigenvalue weighted by atomic mass is 32.1. The Morgan fingerprint density at radius 1 is 1.50 bits per heavy atom. The minimum Gasteiger partial charge on any atom is -0.371 e. The fourth-order valence-electron chi connectivity index (χ4n) is 1.30. The summed E-state index contributed by atoms with van der Waals surface area (Å²) in [5.74, 6) is 0.833. The van der Waals surface area contributed by atoms with E-state index in [2.05, 4.69) is 24.0 Å². The predicted molar refractivity (Wildman–Crippen MR) is 57.8 cm³/mol. The molecule has 1 aromatic heterocycles. The molecule has 0 unspecified atom stereocenters. The molecule has 0 radical (unpaired) electrons. The maximum absolute atomic E-state index is 5.38. The molecule has 1 rings (SSSR count). The molecule has 0 saturated heterocycles. The zero-order chi connectivity index (χ0) is 10.9. The fraction of sp³-hybridized carbons (Fsp3) is 0.778. The first-order valence-corrected chi connectivity index (χ1v) is 5.03. The maximum Gasteiger partial charge on any atom is 0.195 e. The third-order valence-corrected chi connectivity index (χ3v) is 2.56. The molecule has 1 aromatic rings. The summed E-state index contributed by atoms with van der Waals surface area (Å²) in [6.07, 6.45) is 0. The lowest BCUT2D eigenvalue weighted by molar-refractivity contribution is 0.00739. The maximum atomic E-state index is 5.38. The van der Waals surface area contributed by atoms with E-state index in [0.717, 1.165) is 5.82 Å². The van der Waals surface area contributed by atoms with Crippen molar-refractivity contribution < 1.29 is 4.74 Å². The zero-order valence-electron chi connectivity index (χ0n) is 9.29. The summed E-state index contributed by atoms with van der Waals surface area (Å²) in [5, 5.41) is 7.00. The quantitative estimate of drug-likeness (QED) is 0.787. The molecule has 0 aliphatic carbocycles. The van der Waals surface area contributed by atoms with E-state index < -0.39 is 5.60 Å². The van der Waals surface area contributed by atoms with Crippen LogP contribution in [0.25, 0.3) is 0 Å². The van der Waals surface area contributed by atoms with E-state index in [1.807, 2.05) is 18.4 Å². The van der Waals surface area contributed by atoms with Crippen LogP contribution in [0.15, 0.2) is 0 Å². The van der Waals surface area contributed by atoms with E-state index in [0.29, 0.717) is 4.77 Å². The number of hydrogen-bond acceptors (Lipinski definition) is 3. The number of aromatic nitrogens is 3. The molecule has 0 spiro atoms. The molecule has 1 heterocycles. The van der Waals surface area contributed by atoms with Crippen LogP contribution in [-0.2, 0) is 10.3 Å². The Bertz CT molecular complexity index is 364. The Labute approximate surface area is 89.3 Å². The van der Waals surface area contributed by atoms with Gasteiger partial charge >= 0.3 is 0 Å². The Kier molecular flexibility index (Phi) is 3.11. The smallest absolute Gasteiger partial charge is 0.195 e. The van der Waals surface area contributed by atoms with Crippen LogP contribution < -0.4 is 0 Å². The van der Waals surface area contributed by atoms with Crippen LogP contribution in [0.5, 0.6) is 0 Å². The molecule has 0 atom stereocenters. The van der Waals surface area contributed by atoms with E-state index in [-0.39, 0.29) is 6.04 Å². The number of methoxy groups -OCH3 is 1. The molecule has 4 nitrogen and oxygen atoms in total. The number of rotatable bonds is 3. The van der Waals surface area contributed by atoms with Gasteiger partial charge in [-0.25, -0.2) is 0 Å². The highest BCUT2D eigenvalue weighted by Gasteiger charge is 2.27. The van der Waals surface area contributed by atoms with Crippen LogP contribution in [0.2, 0.25) is 0 Å². The number of hydrogen-bond donors (Lipinski definition) is 1. The highest BCUT2D eigenvalue weighted by molar-refractivity contribution is 7.71. The summed E-state index contributed by atoms with van der Waals surface area (Å²) in [4.78, 5) is 0. The van der Waals surface area contributed by atoms with Crippen molar-refractivity contribution >= 4 is 12.2 Å². The van der Waals surface area contributed by atoms with Gasteiger partial charge in [0.2, 0.25) is 0 Å². The topological polar surface area (TPSA) is 42.8 Å². The molecule has 0 aliphatic rings. The van der Waals surface area contributed by atoms with Gasteiger partial charge in [0, 0.05) is 13.2 Å². The normalized spacial score (nSPS) is 12.4. The minimum atomic E-state index is -0.419. The molecule has 0 aliphatic heterocycles. The van der Waals surface area contributed by atoms with Crippen molar-refractivity contribution in [2.45, 2.75) is 39.3 Å². The van der Waals surface area contributed by atoms with E-state index in [1.165, 1.54) is 0 Å². The summed E-state index contributed by atoms with van der Waals surface area (Å²) in [7, 11) is 1.67. The molecule has 14 heavy (non-hydrogen) atoms. The standard InChI is InChI=1S/C9H17N3OS/c1-6(2)12-7(9(3,4)13-5)10-11-8(12)14/h6H,1-5H3,(H,11,14). The van der Waals surface area contributed by atoms with Gasteiger partial charge in [0.05, 0.1) is 0 Å². The second-order valence-electron chi connectivity index (χ2n) is 4.03. The molecular weight excluding hydrogens is 198 g/mol. The molecule has 0 amide bonds. The molecule has 0 saturated carbocycles. The van der Waals surface area contributed by atoms with E-state index >= 15 is 0 Å². The van der Waals surface area contributed by atoms with Crippen molar-refractivity contribution in [3.63, 3.8) is 0 Å². The molecular formula is C9H17N3OS. The summed E-state index contributed by atoms with van der Waals surface area (Å²) in [6.45, 7) is 8.08. The summed E-state index contributed by atoms with van der Waals surface area (Å²) >= 11 is 5.16. The molecule has 5 heteroatoms. The van der Waals surface area contributed by atoms with Gasteiger partial charge < -0.3 is 4.74 Å². The van der Waals surface area contributed by atoms with Gasteiger partial charge in [-0.1, -0.05) is 0 Å². The molecule has 80 valence electrons. The lowest BCUT2D eigenvalue weighted by Gasteiger charge is -2.23. The Balaban J connectivity index is 3.29. The zero-order valence-corrected chi connectivity index (χ0v) is 10.1. The minimum absolute atomic E-state index is 0.283. The van der Waals surface area contributed by atoms with Gasteiger partial charge in [0.1, 0.15) is 5.60 Å². The molecule has 0 bridgehead atoms. The second-order valence-corrected chi connectivity index (χ2v) is 4.42. The Hall–Kier alpha value is -0.680. The van der Waals surface area contributed by atoms with Gasteiger partial charge in [0.15, 0.2) is 10.6 Å². The number of nitrogens with zero attached hydrogens (tertiary/aromatic N) is 2. The predicted octanol–water partition coefficient (Wildman–Crippen LogP) is 2.40. The largest absolute Gasteiger partial charge is 0.371 e. The van der Waals surface area contributed by atoms with Crippen molar-refractivity contribution in [2.75, 3.05) is 7.11 Å². The SMILES string of the molecule is COC(C)(C)c1n[nH]c(=S)n1C(C)C. The van der Waals surface area contributed by atoms with Crippen LogP contribution >= 0.6 is 12.2 Å². The first-order valence-electron chi connectivity index (χ1n) is 4.62. The van der Waals surface area contributed by atoms with Crippen LogP contribution in [0, 0.1) is 4.77 Å². The molecule has 0 fully saturated rings. The van der Waals surface area contributed by atoms with Crippen molar-refractivity contribution in [2.24, 2.45) is 0 Å². The summed E-state index contributed by atoms with van der Waals surface area (Å²) in [6, 6.07) is 0.283. The third kappa shape index (κ3) is 1.88. The summed E-state index contributed by atoms with van der Waals surface area (Å²) in [5.41, 5.74) is -0.419. The lowest BCUT2D eigenvalue weighted by Crippen LogP contribution is -2.25. The molecule has 0 aromatic carbocycles.